The lowest BCUT2D eigenvalue weighted by Gasteiger charge is -2.20. The number of hydrogen-bond acceptors (Lipinski definition) is 3. The number of benzene rings is 3. The number of amides is 1. The topological polar surface area (TPSA) is 67.0 Å². The van der Waals surface area contributed by atoms with Gasteiger partial charge in [0.2, 0.25) is 5.82 Å². The van der Waals surface area contributed by atoms with Crippen molar-refractivity contribution in [3.63, 3.8) is 0 Å². The molecule has 1 heterocycles. The zero-order valence-electron chi connectivity index (χ0n) is 16.8. The molecule has 4 aromatic rings. The number of ether oxygens (including phenoxy) is 1. The lowest BCUT2D eigenvalue weighted by molar-refractivity contribution is -0.144. The summed E-state index contributed by atoms with van der Waals surface area (Å²) in [5, 5.41) is 2.74. The second-order valence-corrected chi connectivity index (χ2v) is 7.13. The van der Waals surface area contributed by atoms with Gasteiger partial charge < -0.3 is 15.0 Å². The molecule has 0 saturated carbocycles. The number of fused-ring (bicyclic) bond motifs is 1. The number of nitrogens with zero attached hydrogens (tertiary/aromatic N) is 1. The Balaban J connectivity index is 1.58. The van der Waals surface area contributed by atoms with Crippen molar-refractivity contribution in [1.29, 1.82) is 0 Å². The smallest absolute Gasteiger partial charge is 0.449 e. The van der Waals surface area contributed by atoms with Crippen LogP contribution in [0.5, 0.6) is 5.75 Å². The Bertz CT molecular complexity index is 1290. The summed E-state index contributed by atoms with van der Waals surface area (Å²) in [7, 11) is 0. The molecule has 170 valence electrons. The highest BCUT2D eigenvalue weighted by molar-refractivity contribution is 5.80. The summed E-state index contributed by atoms with van der Waals surface area (Å²) in [5.41, 5.74) is 1.43. The predicted octanol–water partition coefficient (Wildman–Crippen LogP) is 5.14. The zero-order valence-corrected chi connectivity index (χ0v) is 16.8. The summed E-state index contributed by atoms with van der Waals surface area (Å²) in [6, 6.07) is 15.2. The molecule has 0 fully saturated rings. The first-order valence-electron chi connectivity index (χ1n) is 9.70. The normalized spacial score (nSPS) is 12.5. The van der Waals surface area contributed by atoms with Crippen molar-refractivity contribution in [3.8, 4) is 5.75 Å². The minimum absolute atomic E-state index is 0.124. The number of hydrogen-bond donors (Lipinski definition) is 2. The number of carbonyl (C=O) groups excluding carboxylic acids is 1. The van der Waals surface area contributed by atoms with Crippen LogP contribution in [-0.2, 0) is 11.0 Å². The van der Waals surface area contributed by atoms with E-state index in [1.165, 1.54) is 12.1 Å². The molecule has 0 saturated heterocycles. The number of carbonyl (C=O) groups is 1. The van der Waals surface area contributed by atoms with Gasteiger partial charge in [0, 0.05) is 6.07 Å². The van der Waals surface area contributed by atoms with E-state index in [0.29, 0.717) is 17.2 Å². The van der Waals surface area contributed by atoms with Gasteiger partial charge in [-0.2, -0.15) is 13.2 Å². The Kier molecular flexibility index (Phi) is 5.99. The molecule has 4 rings (SSSR count). The molecule has 0 aliphatic heterocycles. The first-order valence-corrected chi connectivity index (χ1v) is 9.70. The molecule has 0 bridgehead atoms. The average Bonchev–Trinajstić information content (AvgIpc) is 3.21. The molecule has 1 aromatic heterocycles. The first kappa shape index (κ1) is 22.3. The summed E-state index contributed by atoms with van der Waals surface area (Å²) in [5.74, 6) is -3.76. The van der Waals surface area contributed by atoms with Crippen LogP contribution in [0, 0.1) is 11.6 Å². The van der Waals surface area contributed by atoms with Crippen molar-refractivity contribution in [2.45, 2.75) is 12.2 Å². The summed E-state index contributed by atoms with van der Waals surface area (Å²) < 4.78 is 70.9. The molecule has 0 spiro atoms. The van der Waals surface area contributed by atoms with Gasteiger partial charge in [-0.1, -0.05) is 36.4 Å². The molecular weight excluding hydrogens is 445 g/mol. The molecule has 0 aliphatic rings. The summed E-state index contributed by atoms with van der Waals surface area (Å²) in [6.45, 7) is -0.559. The van der Waals surface area contributed by atoms with E-state index in [4.69, 9.17) is 4.74 Å². The van der Waals surface area contributed by atoms with E-state index in [1.807, 2.05) is 0 Å². The van der Waals surface area contributed by atoms with Crippen LogP contribution in [0.4, 0.5) is 22.0 Å². The molecule has 5 nitrogen and oxygen atoms in total. The Labute approximate surface area is 184 Å². The van der Waals surface area contributed by atoms with E-state index in [-0.39, 0.29) is 16.8 Å². The summed E-state index contributed by atoms with van der Waals surface area (Å²) in [6.07, 6.45) is -4.63. The fourth-order valence-electron chi connectivity index (χ4n) is 3.28. The third kappa shape index (κ3) is 5.11. The molecule has 0 radical (unpaired) electrons. The number of H-pyrrole nitrogens is 1. The van der Waals surface area contributed by atoms with Crippen LogP contribution in [0.1, 0.15) is 23.0 Å². The van der Waals surface area contributed by atoms with Gasteiger partial charge in [0.15, 0.2) is 18.2 Å². The van der Waals surface area contributed by atoms with E-state index < -0.39 is 42.2 Å². The number of aromatic amines is 1. The van der Waals surface area contributed by atoms with E-state index in [1.54, 1.807) is 36.4 Å². The number of nitrogens with one attached hydrogen (secondary N) is 2. The van der Waals surface area contributed by atoms with Gasteiger partial charge >= 0.3 is 6.18 Å². The Morgan fingerprint density at radius 3 is 2.45 bits per heavy atom. The first-order chi connectivity index (χ1) is 15.7. The Morgan fingerprint density at radius 2 is 1.76 bits per heavy atom. The van der Waals surface area contributed by atoms with Crippen molar-refractivity contribution >= 4 is 16.9 Å². The fourth-order valence-corrected chi connectivity index (χ4v) is 3.28. The van der Waals surface area contributed by atoms with Crippen molar-refractivity contribution in [1.82, 2.24) is 15.3 Å². The molecule has 0 aliphatic carbocycles. The van der Waals surface area contributed by atoms with E-state index in [0.717, 1.165) is 12.1 Å². The molecule has 1 amide bonds. The van der Waals surface area contributed by atoms with E-state index in [2.05, 4.69) is 15.3 Å². The third-order valence-corrected chi connectivity index (χ3v) is 4.80. The van der Waals surface area contributed by atoms with Gasteiger partial charge in [-0.05, 0) is 35.4 Å². The van der Waals surface area contributed by atoms with Crippen molar-refractivity contribution in [2.24, 2.45) is 0 Å². The SMILES string of the molecule is O=C(COc1ccc(F)cc1F)NC(c1ccccc1)c1ccc2nc(C(F)(F)F)[nH]c2c1. The fraction of sp³-hybridized carbons (Fsp3) is 0.130. The van der Waals surface area contributed by atoms with Crippen LogP contribution in [0.25, 0.3) is 11.0 Å². The van der Waals surface area contributed by atoms with Crippen LogP contribution < -0.4 is 10.1 Å². The van der Waals surface area contributed by atoms with Gasteiger partial charge in [-0.3, -0.25) is 4.79 Å². The maximum absolute atomic E-state index is 13.7. The Hall–Kier alpha value is -3.95. The predicted molar refractivity (Wildman–Crippen MR) is 109 cm³/mol. The van der Waals surface area contributed by atoms with Gasteiger partial charge in [0.25, 0.3) is 5.91 Å². The van der Waals surface area contributed by atoms with E-state index >= 15 is 0 Å². The summed E-state index contributed by atoms with van der Waals surface area (Å²) >= 11 is 0. The molecule has 33 heavy (non-hydrogen) atoms. The van der Waals surface area contributed by atoms with Crippen LogP contribution in [0.15, 0.2) is 66.7 Å². The number of halogens is 5. The number of rotatable bonds is 6. The molecule has 3 aromatic carbocycles. The quantitative estimate of drug-likeness (QED) is 0.391. The highest BCUT2D eigenvalue weighted by Gasteiger charge is 2.34. The van der Waals surface area contributed by atoms with Gasteiger partial charge in [-0.15, -0.1) is 0 Å². The Morgan fingerprint density at radius 1 is 1.00 bits per heavy atom. The molecule has 2 N–H and O–H groups in total. The van der Waals surface area contributed by atoms with E-state index in [9.17, 15) is 26.7 Å². The molecule has 1 atom stereocenters. The van der Waals surface area contributed by atoms with Gasteiger partial charge in [-0.25, -0.2) is 13.8 Å². The second-order valence-electron chi connectivity index (χ2n) is 7.13. The minimum Gasteiger partial charge on any atom is -0.481 e. The minimum atomic E-state index is -4.63. The monoisotopic (exact) mass is 461 g/mol. The maximum atomic E-state index is 13.7. The lowest BCUT2D eigenvalue weighted by Crippen LogP contribution is -2.33. The zero-order chi connectivity index (χ0) is 23.6. The molecule has 1 unspecified atom stereocenters. The van der Waals surface area contributed by atoms with Crippen LogP contribution in [-0.4, -0.2) is 22.5 Å². The van der Waals surface area contributed by atoms with Crippen molar-refractivity contribution in [2.75, 3.05) is 6.61 Å². The van der Waals surface area contributed by atoms with Crippen molar-refractivity contribution < 1.29 is 31.5 Å². The van der Waals surface area contributed by atoms with Gasteiger partial charge in [0.05, 0.1) is 17.1 Å². The maximum Gasteiger partial charge on any atom is 0.449 e. The van der Waals surface area contributed by atoms with Crippen LogP contribution in [0.2, 0.25) is 0 Å². The van der Waals surface area contributed by atoms with Gasteiger partial charge in [0.1, 0.15) is 5.82 Å². The molecular formula is C23H16F5N3O2. The highest BCUT2D eigenvalue weighted by Crippen LogP contribution is 2.30. The summed E-state index contributed by atoms with van der Waals surface area (Å²) in [4.78, 5) is 18.3. The lowest BCUT2D eigenvalue weighted by atomic mass is 9.98. The van der Waals surface area contributed by atoms with Crippen LogP contribution >= 0.6 is 0 Å². The second kappa shape index (κ2) is 8.89. The highest BCUT2D eigenvalue weighted by atomic mass is 19.4. The largest absolute Gasteiger partial charge is 0.481 e. The van der Waals surface area contributed by atoms with Crippen molar-refractivity contribution in [3.05, 3.63) is 95.3 Å². The van der Waals surface area contributed by atoms with Crippen LogP contribution in [0.3, 0.4) is 0 Å². The number of imidazole rings is 1. The number of aromatic nitrogens is 2. The average molecular weight is 461 g/mol. The third-order valence-electron chi connectivity index (χ3n) is 4.80. The number of alkyl halides is 3. The standard InChI is InChI=1S/C23H16F5N3O2/c24-15-7-9-19(16(25)11-15)33-12-20(32)31-21(13-4-2-1-3-5-13)14-6-8-17-18(10-14)30-22(29-17)23(26,27)28/h1-11,21H,12H2,(H,29,30)(H,31,32). The molecule has 10 heteroatoms.